The molecule has 3 rings (SSSR count). The van der Waals surface area contributed by atoms with E-state index >= 15 is 0 Å². The first-order chi connectivity index (χ1) is 12.7. The van der Waals surface area contributed by atoms with Crippen LogP contribution in [0.3, 0.4) is 0 Å². The average Bonchev–Trinajstić information content (AvgIpc) is 3.19. The van der Waals surface area contributed by atoms with E-state index in [4.69, 9.17) is 9.15 Å². The molecule has 134 valence electrons. The number of thioether (sulfide) groups is 1. The van der Waals surface area contributed by atoms with E-state index in [1.54, 1.807) is 55.8 Å². The molecule has 0 aliphatic rings. The molecule has 8 heteroatoms. The molecule has 0 aliphatic carbocycles. The lowest BCUT2D eigenvalue weighted by Gasteiger charge is -2.08. The lowest BCUT2D eigenvalue weighted by molar-refractivity contribution is -0.118. The molecular formula is C18H17N3O4S. The Morgan fingerprint density at radius 3 is 2.73 bits per heavy atom. The maximum Gasteiger partial charge on any atom is 0.271 e. The summed E-state index contributed by atoms with van der Waals surface area (Å²) >= 11 is 1.25. The highest BCUT2D eigenvalue weighted by Crippen LogP contribution is 2.16. The third-order valence-electron chi connectivity index (χ3n) is 3.48. The lowest BCUT2D eigenvalue weighted by Crippen LogP contribution is -2.25. The van der Waals surface area contributed by atoms with Gasteiger partial charge in [0.2, 0.25) is 5.91 Å². The summed E-state index contributed by atoms with van der Waals surface area (Å²) in [4.78, 5) is 24.0. The van der Waals surface area contributed by atoms with Gasteiger partial charge in [0.25, 0.3) is 5.56 Å². The number of rotatable bonds is 7. The van der Waals surface area contributed by atoms with Crippen LogP contribution in [0.5, 0.6) is 5.75 Å². The van der Waals surface area contributed by atoms with Gasteiger partial charge in [-0.15, -0.1) is 0 Å². The van der Waals surface area contributed by atoms with Gasteiger partial charge in [0.05, 0.1) is 31.4 Å². The number of nitrogens with one attached hydrogen (secondary N) is 1. The van der Waals surface area contributed by atoms with Gasteiger partial charge >= 0.3 is 0 Å². The summed E-state index contributed by atoms with van der Waals surface area (Å²) in [6, 6.07) is 13.6. The van der Waals surface area contributed by atoms with Crippen LogP contribution in [0.1, 0.15) is 5.76 Å². The number of benzene rings is 1. The molecule has 0 saturated heterocycles. The normalized spacial score (nSPS) is 10.5. The van der Waals surface area contributed by atoms with Gasteiger partial charge in [-0.3, -0.25) is 9.59 Å². The second-order valence-electron chi connectivity index (χ2n) is 5.26. The Morgan fingerprint density at radius 1 is 1.23 bits per heavy atom. The van der Waals surface area contributed by atoms with E-state index < -0.39 is 0 Å². The number of hydrogen-bond donors (Lipinski definition) is 1. The highest BCUT2D eigenvalue weighted by Gasteiger charge is 2.08. The minimum Gasteiger partial charge on any atom is -0.497 e. The first-order valence-electron chi connectivity index (χ1n) is 7.82. The standard InChI is InChI=1S/C18H17N3O4S/c1-24-14-6-4-13(5-7-14)21-18(23)9-8-17(20-21)26-12-16(22)19-11-15-3-2-10-25-15/h2-10H,11-12H2,1H3,(H,19,22). The minimum absolute atomic E-state index is 0.143. The third kappa shape index (κ3) is 4.54. The van der Waals surface area contributed by atoms with E-state index in [2.05, 4.69) is 10.4 Å². The van der Waals surface area contributed by atoms with Crippen LogP contribution >= 0.6 is 11.8 Å². The van der Waals surface area contributed by atoms with Crippen molar-refractivity contribution in [1.82, 2.24) is 15.1 Å². The van der Waals surface area contributed by atoms with Gasteiger partial charge in [0, 0.05) is 6.07 Å². The van der Waals surface area contributed by atoms with Gasteiger partial charge in [-0.25, -0.2) is 0 Å². The molecule has 1 N–H and O–H groups in total. The number of ether oxygens (including phenoxy) is 1. The summed E-state index contributed by atoms with van der Waals surface area (Å²) in [6.45, 7) is 0.338. The molecule has 0 atom stereocenters. The molecule has 1 aromatic carbocycles. The highest BCUT2D eigenvalue weighted by atomic mass is 32.2. The van der Waals surface area contributed by atoms with Crippen LogP contribution in [0, 0.1) is 0 Å². The second-order valence-corrected chi connectivity index (χ2v) is 6.26. The molecule has 0 fully saturated rings. The van der Waals surface area contributed by atoms with Crippen molar-refractivity contribution in [2.24, 2.45) is 0 Å². The van der Waals surface area contributed by atoms with Crippen LogP contribution in [0.25, 0.3) is 5.69 Å². The quantitative estimate of drug-likeness (QED) is 0.641. The van der Waals surface area contributed by atoms with Crippen molar-refractivity contribution in [2.75, 3.05) is 12.9 Å². The van der Waals surface area contributed by atoms with Crippen molar-refractivity contribution >= 4 is 17.7 Å². The lowest BCUT2D eigenvalue weighted by atomic mass is 10.3. The zero-order valence-electron chi connectivity index (χ0n) is 14.0. The fourth-order valence-electron chi connectivity index (χ4n) is 2.17. The molecule has 0 spiro atoms. The summed E-state index contributed by atoms with van der Waals surface area (Å²) in [6.07, 6.45) is 1.56. The van der Waals surface area contributed by atoms with Crippen molar-refractivity contribution in [2.45, 2.75) is 11.6 Å². The molecular weight excluding hydrogens is 354 g/mol. The van der Waals surface area contributed by atoms with E-state index in [9.17, 15) is 9.59 Å². The molecule has 1 amide bonds. The maximum atomic E-state index is 12.1. The number of methoxy groups -OCH3 is 1. The predicted molar refractivity (Wildman–Crippen MR) is 97.7 cm³/mol. The van der Waals surface area contributed by atoms with Gasteiger partial charge in [0.15, 0.2) is 0 Å². The Morgan fingerprint density at radius 2 is 2.04 bits per heavy atom. The van der Waals surface area contributed by atoms with Gasteiger partial charge in [0.1, 0.15) is 16.5 Å². The molecule has 26 heavy (non-hydrogen) atoms. The SMILES string of the molecule is COc1ccc(-n2nc(SCC(=O)NCc3ccco3)ccc2=O)cc1. The maximum absolute atomic E-state index is 12.1. The summed E-state index contributed by atoms with van der Waals surface area (Å²) in [5.41, 5.74) is 0.377. The Hall–Kier alpha value is -3.00. The topological polar surface area (TPSA) is 86.4 Å². The van der Waals surface area contributed by atoms with Gasteiger partial charge in [-0.2, -0.15) is 9.78 Å². The van der Waals surface area contributed by atoms with Crippen LogP contribution in [-0.4, -0.2) is 28.6 Å². The van der Waals surface area contributed by atoms with Crippen molar-refractivity contribution in [3.63, 3.8) is 0 Å². The Kier molecular flexibility index (Phi) is 5.75. The Bertz CT molecular complexity index is 920. The zero-order chi connectivity index (χ0) is 18.4. The molecule has 0 bridgehead atoms. The van der Waals surface area contributed by atoms with Crippen LogP contribution in [-0.2, 0) is 11.3 Å². The van der Waals surface area contributed by atoms with E-state index in [-0.39, 0.29) is 17.2 Å². The summed E-state index contributed by atoms with van der Waals surface area (Å²) < 4.78 is 11.6. The molecule has 0 radical (unpaired) electrons. The molecule has 0 aliphatic heterocycles. The number of hydrogen-bond acceptors (Lipinski definition) is 6. The average molecular weight is 371 g/mol. The third-order valence-corrected chi connectivity index (χ3v) is 4.40. The summed E-state index contributed by atoms with van der Waals surface area (Å²) in [5, 5.41) is 7.65. The van der Waals surface area contributed by atoms with Gasteiger partial charge < -0.3 is 14.5 Å². The summed E-state index contributed by atoms with van der Waals surface area (Å²) in [5.74, 6) is 1.43. The fourth-order valence-corrected chi connectivity index (χ4v) is 2.85. The van der Waals surface area contributed by atoms with Crippen molar-refractivity contribution in [3.05, 3.63) is 70.9 Å². The summed E-state index contributed by atoms with van der Waals surface area (Å²) in [7, 11) is 1.58. The molecule has 0 unspecified atom stereocenters. The van der Waals surface area contributed by atoms with Crippen molar-refractivity contribution < 1.29 is 13.9 Å². The molecule has 3 aromatic rings. The van der Waals surface area contributed by atoms with E-state index in [0.29, 0.717) is 28.8 Å². The molecule has 2 aromatic heterocycles. The smallest absolute Gasteiger partial charge is 0.271 e. The first-order valence-corrected chi connectivity index (χ1v) is 8.81. The number of furan rings is 1. The molecule has 0 saturated carbocycles. The highest BCUT2D eigenvalue weighted by molar-refractivity contribution is 7.99. The van der Waals surface area contributed by atoms with Crippen molar-refractivity contribution in [3.8, 4) is 11.4 Å². The van der Waals surface area contributed by atoms with Crippen LogP contribution in [0.15, 0.2) is 69.0 Å². The van der Waals surface area contributed by atoms with Crippen LogP contribution in [0.4, 0.5) is 0 Å². The number of carbonyl (C=O) groups excluding carboxylic acids is 1. The van der Waals surface area contributed by atoms with Crippen molar-refractivity contribution in [1.29, 1.82) is 0 Å². The zero-order valence-corrected chi connectivity index (χ0v) is 14.9. The van der Waals surface area contributed by atoms with E-state index in [0.717, 1.165) is 0 Å². The van der Waals surface area contributed by atoms with E-state index in [1.165, 1.54) is 22.5 Å². The number of nitrogens with zero attached hydrogens (tertiary/aromatic N) is 2. The minimum atomic E-state index is -0.248. The second kappa shape index (κ2) is 8.39. The molecule has 2 heterocycles. The van der Waals surface area contributed by atoms with Gasteiger partial charge in [-0.1, -0.05) is 11.8 Å². The number of amides is 1. The van der Waals surface area contributed by atoms with Gasteiger partial charge in [-0.05, 0) is 42.5 Å². The largest absolute Gasteiger partial charge is 0.497 e. The predicted octanol–water partition coefficient (Wildman–Crippen LogP) is 2.24. The van der Waals surface area contributed by atoms with Crippen LogP contribution < -0.4 is 15.6 Å². The van der Waals surface area contributed by atoms with E-state index in [1.807, 2.05) is 0 Å². The Labute approximate surface area is 154 Å². The van der Waals surface area contributed by atoms with Crippen LogP contribution in [0.2, 0.25) is 0 Å². The monoisotopic (exact) mass is 371 g/mol. The fraction of sp³-hybridized carbons (Fsp3) is 0.167. The molecule has 7 nitrogen and oxygen atoms in total. The first kappa shape index (κ1) is 17.8. The number of carbonyl (C=O) groups is 1. The number of aromatic nitrogens is 2. The Balaban J connectivity index is 1.63.